The molecule has 1 fully saturated rings. The van der Waals surface area contributed by atoms with Gasteiger partial charge in [0.05, 0.1) is 12.5 Å². The molecule has 0 aromatic heterocycles. The number of nitrogens with zero attached hydrogens (tertiary/aromatic N) is 1. The number of ether oxygens (including phenoxy) is 1. The summed E-state index contributed by atoms with van der Waals surface area (Å²) in [6.07, 6.45) is 2.82. The lowest BCUT2D eigenvalue weighted by Gasteiger charge is -2.20. The zero-order valence-electron chi connectivity index (χ0n) is 14.0. The van der Waals surface area contributed by atoms with Gasteiger partial charge in [-0.1, -0.05) is 32.0 Å². The van der Waals surface area contributed by atoms with Crippen molar-refractivity contribution in [3.05, 3.63) is 29.8 Å². The van der Waals surface area contributed by atoms with E-state index in [9.17, 15) is 4.79 Å². The van der Waals surface area contributed by atoms with Gasteiger partial charge in [-0.25, -0.2) is 0 Å². The second-order valence-corrected chi connectivity index (χ2v) is 5.92. The number of carbonyl (C=O) groups is 1. The maximum atomic E-state index is 12.6. The first kappa shape index (κ1) is 16.8. The van der Waals surface area contributed by atoms with Crippen LogP contribution in [0.1, 0.15) is 38.7 Å². The lowest BCUT2D eigenvalue weighted by Crippen LogP contribution is -2.36. The first-order valence-corrected chi connectivity index (χ1v) is 8.32. The van der Waals surface area contributed by atoms with Gasteiger partial charge in [0.25, 0.3) is 0 Å². The van der Waals surface area contributed by atoms with Crippen molar-refractivity contribution >= 4 is 5.91 Å². The molecular formula is C18H28N2O2. The molecule has 4 heteroatoms. The summed E-state index contributed by atoms with van der Waals surface area (Å²) in [6, 6.07) is 7.87. The Balaban J connectivity index is 1.89. The highest BCUT2D eigenvalue weighted by atomic mass is 16.5. The van der Waals surface area contributed by atoms with Gasteiger partial charge < -0.3 is 15.0 Å². The minimum atomic E-state index is -0.359. The Morgan fingerprint density at radius 2 is 1.95 bits per heavy atom. The fraction of sp³-hybridized carbons (Fsp3) is 0.611. The summed E-state index contributed by atoms with van der Waals surface area (Å²) < 4.78 is 5.42. The Morgan fingerprint density at radius 3 is 2.55 bits per heavy atom. The van der Waals surface area contributed by atoms with Crippen LogP contribution in [0.25, 0.3) is 0 Å². The van der Waals surface area contributed by atoms with Crippen LogP contribution in [0.5, 0.6) is 5.75 Å². The molecule has 0 unspecified atom stereocenters. The molecule has 1 aliphatic rings. The molecule has 4 nitrogen and oxygen atoms in total. The van der Waals surface area contributed by atoms with Crippen molar-refractivity contribution < 1.29 is 9.53 Å². The van der Waals surface area contributed by atoms with E-state index in [-0.39, 0.29) is 11.3 Å². The van der Waals surface area contributed by atoms with Gasteiger partial charge in [-0.2, -0.15) is 0 Å². The van der Waals surface area contributed by atoms with Crippen molar-refractivity contribution in [2.24, 2.45) is 0 Å². The van der Waals surface area contributed by atoms with Crippen LogP contribution in [-0.4, -0.2) is 44.1 Å². The van der Waals surface area contributed by atoms with Crippen LogP contribution in [0.3, 0.4) is 0 Å². The number of benzene rings is 1. The summed E-state index contributed by atoms with van der Waals surface area (Å²) in [5.74, 6) is 0.967. The average Bonchev–Trinajstić information content (AvgIpc) is 3.36. The minimum Gasteiger partial charge on any atom is -0.496 e. The largest absolute Gasteiger partial charge is 0.496 e. The Kier molecular flexibility index (Phi) is 5.83. The van der Waals surface area contributed by atoms with Gasteiger partial charge in [0.1, 0.15) is 5.75 Å². The molecule has 2 rings (SSSR count). The molecule has 1 saturated carbocycles. The SMILES string of the molecule is CCN(CC)CCCNC(=O)C1(c2ccccc2OC)CC1. The third kappa shape index (κ3) is 3.61. The molecule has 1 aromatic rings. The summed E-state index contributed by atoms with van der Waals surface area (Å²) in [5, 5.41) is 3.12. The van der Waals surface area contributed by atoms with Gasteiger partial charge in [-0.3, -0.25) is 4.79 Å². The van der Waals surface area contributed by atoms with E-state index in [1.54, 1.807) is 7.11 Å². The molecule has 1 N–H and O–H groups in total. The highest BCUT2D eigenvalue weighted by Crippen LogP contribution is 2.51. The number of amides is 1. The molecule has 0 radical (unpaired) electrons. The predicted molar refractivity (Wildman–Crippen MR) is 89.3 cm³/mol. The van der Waals surface area contributed by atoms with Crippen molar-refractivity contribution in [1.29, 1.82) is 0 Å². The first-order chi connectivity index (χ1) is 10.7. The summed E-state index contributed by atoms with van der Waals surface area (Å²) >= 11 is 0. The topological polar surface area (TPSA) is 41.6 Å². The molecule has 0 spiro atoms. The van der Waals surface area contributed by atoms with Crippen LogP contribution in [0.4, 0.5) is 0 Å². The Hall–Kier alpha value is -1.55. The van der Waals surface area contributed by atoms with E-state index in [2.05, 4.69) is 24.1 Å². The Labute approximate surface area is 133 Å². The van der Waals surface area contributed by atoms with Gasteiger partial charge in [-0.05, 0) is 45.0 Å². The van der Waals surface area contributed by atoms with Crippen LogP contribution in [0.2, 0.25) is 0 Å². The molecule has 1 aromatic carbocycles. The highest BCUT2D eigenvalue weighted by Gasteiger charge is 2.52. The number of methoxy groups -OCH3 is 1. The van der Waals surface area contributed by atoms with Crippen molar-refractivity contribution in [3.8, 4) is 5.75 Å². The Bertz CT molecular complexity index is 494. The first-order valence-electron chi connectivity index (χ1n) is 8.32. The van der Waals surface area contributed by atoms with Gasteiger partial charge in [0.15, 0.2) is 0 Å². The van der Waals surface area contributed by atoms with Crippen molar-refractivity contribution in [2.45, 2.75) is 38.5 Å². The predicted octanol–water partition coefficient (Wildman–Crippen LogP) is 2.57. The fourth-order valence-corrected chi connectivity index (χ4v) is 3.00. The van der Waals surface area contributed by atoms with Crippen LogP contribution in [0.15, 0.2) is 24.3 Å². The maximum Gasteiger partial charge on any atom is 0.230 e. The summed E-state index contributed by atoms with van der Waals surface area (Å²) in [7, 11) is 1.66. The van der Waals surface area contributed by atoms with Gasteiger partial charge >= 0.3 is 0 Å². The molecule has 0 bridgehead atoms. The number of rotatable bonds is 9. The Morgan fingerprint density at radius 1 is 1.27 bits per heavy atom. The summed E-state index contributed by atoms with van der Waals surface area (Å²) in [4.78, 5) is 15.0. The standard InChI is InChI=1S/C18H28N2O2/c1-4-20(5-2)14-8-13-19-17(21)18(11-12-18)15-9-6-7-10-16(15)22-3/h6-7,9-10H,4-5,8,11-14H2,1-3H3,(H,19,21). The van der Waals surface area contributed by atoms with Gasteiger partial charge in [-0.15, -0.1) is 0 Å². The van der Waals surface area contributed by atoms with E-state index < -0.39 is 0 Å². The van der Waals surface area contributed by atoms with E-state index in [1.165, 1.54) is 0 Å². The third-order valence-corrected chi connectivity index (χ3v) is 4.64. The van der Waals surface area contributed by atoms with Crippen LogP contribution >= 0.6 is 0 Å². The molecule has 22 heavy (non-hydrogen) atoms. The van der Waals surface area contributed by atoms with E-state index >= 15 is 0 Å². The second-order valence-electron chi connectivity index (χ2n) is 5.92. The molecule has 122 valence electrons. The maximum absolute atomic E-state index is 12.6. The molecule has 0 aliphatic heterocycles. The van der Waals surface area contributed by atoms with Gasteiger partial charge in [0.2, 0.25) is 5.91 Å². The number of nitrogens with one attached hydrogen (secondary N) is 1. The second kappa shape index (κ2) is 7.63. The van der Waals surface area contributed by atoms with Crippen LogP contribution in [0, 0.1) is 0 Å². The molecule has 1 amide bonds. The van der Waals surface area contributed by atoms with Gasteiger partial charge in [0, 0.05) is 12.1 Å². The van der Waals surface area contributed by atoms with E-state index in [0.717, 1.165) is 56.8 Å². The lowest BCUT2D eigenvalue weighted by molar-refractivity contribution is -0.123. The number of hydrogen-bond acceptors (Lipinski definition) is 3. The van der Waals surface area contributed by atoms with Crippen molar-refractivity contribution in [3.63, 3.8) is 0 Å². The normalized spacial score (nSPS) is 15.6. The molecular weight excluding hydrogens is 276 g/mol. The number of hydrogen-bond donors (Lipinski definition) is 1. The zero-order valence-corrected chi connectivity index (χ0v) is 14.0. The quantitative estimate of drug-likeness (QED) is 0.713. The van der Waals surface area contributed by atoms with E-state index in [4.69, 9.17) is 4.74 Å². The lowest BCUT2D eigenvalue weighted by atomic mass is 9.94. The zero-order chi connectivity index (χ0) is 16.0. The van der Waals surface area contributed by atoms with Crippen molar-refractivity contribution in [1.82, 2.24) is 10.2 Å². The van der Waals surface area contributed by atoms with Crippen molar-refractivity contribution in [2.75, 3.05) is 33.3 Å². The minimum absolute atomic E-state index is 0.150. The summed E-state index contributed by atoms with van der Waals surface area (Å²) in [5.41, 5.74) is 0.667. The molecule has 0 saturated heterocycles. The molecule has 0 atom stereocenters. The number of para-hydroxylation sites is 1. The average molecular weight is 304 g/mol. The monoisotopic (exact) mass is 304 g/mol. The number of carbonyl (C=O) groups excluding carboxylic acids is 1. The molecule has 0 heterocycles. The fourth-order valence-electron chi connectivity index (χ4n) is 3.00. The molecule has 1 aliphatic carbocycles. The third-order valence-electron chi connectivity index (χ3n) is 4.64. The van der Waals surface area contributed by atoms with Crippen LogP contribution < -0.4 is 10.1 Å². The van der Waals surface area contributed by atoms with Crippen LogP contribution in [-0.2, 0) is 10.2 Å². The highest BCUT2D eigenvalue weighted by molar-refractivity contribution is 5.92. The smallest absolute Gasteiger partial charge is 0.230 e. The summed E-state index contributed by atoms with van der Waals surface area (Å²) in [6.45, 7) is 8.25. The van der Waals surface area contributed by atoms with E-state index in [0.29, 0.717) is 0 Å². The van der Waals surface area contributed by atoms with E-state index in [1.807, 2.05) is 24.3 Å².